The van der Waals surface area contributed by atoms with Crippen molar-refractivity contribution >= 4 is 22.7 Å². The molecule has 0 atom stereocenters. The van der Waals surface area contributed by atoms with Crippen LogP contribution in [0.1, 0.15) is 28.4 Å². The highest BCUT2D eigenvalue weighted by Gasteiger charge is 2.14. The Hall–Kier alpha value is -3.29. The number of carbonyl (C=O) groups excluding carboxylic acids is 1. The second kappa shape index (κ2) is 6.55. The van der Waals surface area contributed by atoms with E-state index in [0.29, 0.717) is 12.3 Å². The second-order valence-electron chi connectivity index (χ2n) is 6.22. The fourth-order valence-corrected chi connectivity index (χ4v) is 2.98. The van der Waals surface area contributed by atoms with Crippen LogP contribution in [0.4, 0.5) is 0 Å². The number of aryl methyl sites for hydroxylation is 3. The van der Waals surface area contributed by atoms with Crippen molar-refractivity contribution in [1.29, 1.82) is 0 Å². The topological polar surface area (TPSA) is 90.0 Å². The summed E-state index contributed by atoms with van der Waals surface area (Å²) in [5.74, 6) is 0.292. The van der Waals surface area contributed by atoms with E-state index in [4.69, 9.17) is 0 Å². The molecule has 0 aliphatic carbocycles. The Bertz CT molecular complexity index is 1100. The standard InChI is InChI=1S/C18H19N7O/c1-12-10-13(2)25-18(21-12)22-16(23-25)17(26)19-8-5-9-24-11-20-14-6-3-4-7-15(14)24/h3-4,6-7,10-11H,5,8-9H2,1-2H3,(H,19,26). The highest BCUT2D eigenvalue weighted by molar-refractivity contribution is 5.90. The van der Waals surface area contributed by atoms with Crippen LogP contribution in [0.5, 0.6) is 0 Å². The molecule has 0 saturated heterocycles. The van der Waals surface area contributed by atoms with Gasteiger partial charge >= 0.3 is 0 Å². The average Bonchev–Trinajstić information content (AvgIpc) is 3.23. The number of imidazole rings is 1. The summed E-state index contributed by atoms with van der Waals surface area (Å²) in [7, 11) is 0. The molecule has 1 amide bonds. The van der Waals surface area contributed by atoms with Gasteiger partial charge in [-0.3, -0.25) is 4.79 Å². The number of nitrogens with zero attached hydrogens (tertiary/aromatic N) is 6. The summed E-state index contributed by atoms with van der Waals surface area (Å²) >= 11 is 0. The van der Waals surface area contributed by atoms with Crippen LogP contribution >= 0.6 is 0 Å². The molecular weight excluding hydrogens is 330 g/mol. The summed E-state index contributed by atoms with van der Waals surface area (Å²) in [6.45, 7) is 5.11. The average molecular weight is 349 g/mol. The Morgan fingerprint density at radius 3 is 2.92 bits per heavy atom. The SMILES string of the molecule is Cc1cc(C)n2nc(C(=O)NCCCn3cnc4ccccc43)nc2n1. The predicted octanol–water partition coefficient (Wildman–Crippen LogP) is 1.91. The molecule has 1 N–H and O–H groups in total. The van der Waals surface area contributed by atoms with Gasteiger partial charge in [0.15, 0.2) is 0 Å². The smallest absolute Gasteiger partial charge is 0.291 e. The highest BCUT2D eigenvalue weighted by Crippen LogP contribution is 2.12. The normalized spacial score (nSPS) is 11.3. The summed E-state index contributed by atoms with van der Waals surface area (Å²) in [5.41, 5.74) is 3.81. The van der Waals surface area contributed by atoms with Crippen LogP contribution in [0.15, 0.2) is 36.7 Å². The molecule has 4 aromatic rings. The van der Waals surface area contributed by atoms with E-state index in [1.54, 1.807) is 4.52 Å². The zero-order valence-corrected chi connectivity index (χ0v) is 14.7. The fraction of sp³-hybridized carbons (Fsp3) is 0.278. The first-order chi connectivity index (χ1) is 12.6. The first kappa shape index (κ1) is 16.2. The second-order valence-corrected chi connectivity index (χ2v) is 6.22. The molecule has 0 radical (unpaired) electrons. The largest absolute Gasteiger partial charge is 0.349 e. The first-order valence-electron chi connectivity index (χ1n) is 8.51. The summed E-state index contributed by atoms with van der Waals surface area (Å²) in [5, 5.41) is 7.10. The zero-order valence-electron chi connectivity index (χ0n) is 14.7. The van der Waals surface area contributed by atoms with E-state index >= 15 is 0 Å². The molecule has 1 aromatic carbocycles. The van der Waals surface area contributed by atoms with Crippen LogP contribution in [0.25, 0.3) is 16.8 Å². The number of carbonyl (C=O) groups is 1. The van der Waals surface area contributed by atoms with Crippen molar-refractivity contribution < 1.29 is 4.79 Å². The number of para-hydroxylation sites is 2. The number of amides is 1. The maximum atomic E-state index is 12.3. The number of rotatable bonds is 5. The van der Waals surface area contributed by atoms with Crippen LogP contribution < -0.4 is 5.32 Å². The Labute approximate surface area is 149 Å². The molecule has 3 aromatic heterocycles. The van der Waals surface area contributed by atoms with Gasteiger partial charge in [-0.2, -0.15) is 4.98 Å². The molecule has 4 rings (SSSR count). The molecule has 8 heteroatoms. The van der Waals surface area contributed by atoms with Crippen LogP contribution in [-0.2, 0) is 6.54 Å². The molecule has 0 fully saturated rings. The molecular formula is C18H19N7O. The van der Waals surface area contributed by atoms with Gasteiger partial charge in [-0.15, -0.1) is 5.10 Å². The Balaban J connectivity index is 1.37. The Morgan fingerprint density at radius 2 is 2.04 bits per heavy atom. The fourth-order valence-electron chi connectivity index (χ4n) is 2.98. The van der Waals surface area contributed by atoms with E-state index in [0.717, 1.165) is 35.4 Å². The molecule has 0 aliphatic rings. The van der Waals surface area contributed by atoms with Gasteiger partial charge in [0.2, 0.25) is 5.82 Å². The lowest BCUT2D eigenvalue weighted by molar-refractivity contribution is 0.0942. The third-order valence-electron chi connectivity index (χ3n) is 4.21. The third-order valence-corrected chi connectivity index (χ3v) is 4.21. The van der Waals surface area contributed by atoms with Crippen molar-refractivity contribution in [2.75, 3.05) is 6.54 Å². The lowest BCUT2D eigenvalue weighted by Crippen LogP contribution is -2.26. The molecule has 0 spiro atoms. The molecule has 0 saturated carbocycles. The van der Waals surface area contributed by atoms with Crippen molar-refractivity contribution in [3.8, 4) is 0 Å². The number of benzene rings is 1. The van der Waals surface area contributed by atoms with E-state index in [-0.39, 0.29) is 11.7 Å². The molecule has 26 heavy (non-hydrogen) atoms. The maximum Gasteiger partial charge on any atom is 0.291 e. The van der Waals surface area contributed by atoms with Crippen molar-refractivity contribution in [1.82, 2.24) is 34.4 Å². The van der Waals surface area contributed by atoms with Gasteiger partial charge in [0, 0.05) is 24.5 Å². The number of aromatic nitrogens is 6. The summed E-state index contributed by atoms with van der Waals surface area (Å²) in [6, 6.07) is 9.90. The van der Waals surface area contributed by atoms with Gasteiger partial charge in [-0.05, 0) is 38.5 Å². The number of fused-ring (bicyclic) bond motifs is 2. The van der Waals surface area contributed by atoms with Crippen molar-refractivity contribution in [2.45, 2.75) is 26.8 Å². The minimum absolute atomic E-state index is 0.138. The zero-order chi connectivity index (χ0) is 18.1. The van der Waals surface area contributed by atoms with E-state index < -0.39 is 0 Å². The summed E-state index contributed by atoms with van der Waals surface area (Å²) in [4.78, 5) is 25.2. The molecule has 8 nitrogen and oxygen atoms in total. The summed E-state index contributed by atoms with van der Waals surface area (Å²) < 4.78 is 3.67. The lowest BCUT2D eigenvalue weighted by Gasteiger charge is -2.05. The van der Waals surface area contributed by atoms with Crippen LogP contribution in [0, 0.1) is 13.8 Å². The van der Waals surface area contributed by atoms with Gasteiger partial charge in [0.25, 0.3) is 11.7 Å². The van der Waals surface area contributed by atoms with Gasteiger partial charge in [0.1, 0.15) is 0 Å². The van der Waals surface area contributed by atoms with Crippen LogP contribution in [0.2, 0.25) is 0 Å². The van der Waals surface area contributed by atoms with E-state index in [1.807, 2.05) is 50.5 Å². The van der Waals surface area contributed by atoms with Crippen LogP contribution in [-0.4, -0.2) is 41.6 Å². The highest BCUT2D eigenvalue weighted by atomic mass is 16.2. The Morgan fingerprint density at radius 1 is 1.19 bits per heavy atom. The predicted molar refractivity (Wildman–Crippen MR) is 96.9 cm³/mol. The third kappa shape index (κ3) is 3.01. The van der Waals surface area contributed by atoms with Crippen molar-refractivity contribution in [3.05, 3.63) is 53.9 Å². The molecule has 0 aliphatic heterocycles. The molecule has 132 valence electrons. The molecule has 0 unspecified atom stereocenters. The van der Waals surface area contributed by atoms with Crippen molar-refractivity contribution in [2.24, 2.45) is 0 Å². The van der Waals surface area contributed by atoms with Gasteiger partial charge in [-0.1, -0.05) is 12.1 Å². The maximum absolute atomic E-state index is 12.3. The monoisotopic (exact) mass is 349 g/mol. The molecule has 0 bridgehead atoms. The number of nitrogens with one attached hydrogen (secondary N) is 1. The quantitative estimate of drug-likeness (QED) is 0.556. The van der Waals surface area contributed by atoms with Gasteiger partial charge < -0.3 is 9.88 Å². The van der Waals surface area contributed by atoms with E-state index in [1.165, 1.54) is 0 Å². The van der Waals surface area contributed by atoms with Gasteiger partial charge in [0.05, 0.1) is 17.4 Å². The minimum Gasteiger partial charge on any atom is -0.349 e. The summed E-state index contributed by atoms with van der Waals surface area (Å²) in [6.07, 6.45) is 2.61. The minimum atomic E-state index is -0.289. The van der Waals surface area contributed by atoms with E-state index in [9.17, 15) is 4.79 Å². The molecule has 3 heterocycles. The lowest BCUT2D eigenvalue weighted by atomic mass is 10.3. The first-order valence-corrected chi connectivity index (χ1v) is 8.51. The number of hydrogen-bond donors (Lipinski definition) is 1. The Kier molecular flexibility index (Phi) is 4.08. The van der Waals surface area contributed by atoms with Gasteiger partial charge in [-0.25, -0.2) is 14.5 Å². The van der Waals surface area contributed by atoms with Crippen LogP contribution in [0.3, 0.4) is 0 Å². The number of hydrogen-bond acceptors (Lipinski definition) is 5. The van der Waals surface area contributed by atoms with Crippen molar-refractivity contribution in [3.63, 3.8) is 0 Å². The van der Waals surface area contributed by atoms with E-state index in [2.05, 4.69) is 29.9 Å².